The molecule has 1 atom stereocenters. The summed E-state index contributed by atoms with van der Waals surface area (Å²) in [6.07, 6.45) is 0.628. The standard InChI is InChI=1S/C12H15BrFNO/c1-8(13)7-16-12-5-10(3-9(2)15)4-11(14)6-12/h4-6,9H,1,3,7,15H2,2H3. The molecule has 0 aliphatic heterocycles. The molecule has 88 valence electrons. The normalized spacial score (nSPS) is 12.2. The van der Waals surface area contributed by atoms with Gasteiger partial charge in [-0.15, -0.1) is 0 Å². The third-order valence-corrected chi connectivity index (χ3v) is 2.11. The molecule has 1 unspecified atom stereocenters. The summed E-state index contributed by atoms with van der Waals surface area (Å²) in [6.45, 7) is 5.84. The van der Waals surface area contributed by atoms with Crippen molar-refractivity contribution in [2.45, 2.75) is 19.4 Å². The van der Waals surface area contributed by atoms with Gasteiger partial charge in [-0.25, -0.2) is 4.39 Å². The van der Waals surface area contributed by atoms with Crippen molar-refractivity contribution in [3.63, 3.8) is 0 Å². The minimum Gasteiger partial charge on any atom is -0.488 e. The second-order valence-corrected chi connectivity index (χ2v) is 4.90. The fourth-order valence-corrected chi connectivity index (χ4v) is 1.47. The van der Waals surface area contributed by atoms with Gasteiger partial charge >= 0.3 is 0 Å². The Bertz CT molecular complexity index is 379. The molecule has 0 saturated carbocycles. The maximum absolute atomic E-state index is 13.2. The molecule has 0 aliphatic carbocycles. The van der Waals surface area contributed by atoms with Crippen molar-refractivity contribution in [3.8, 4) is 5.75 Å². The van der Waals surface area contributed by atoms with Crippen LogP contribution in [0, 0.1) is 5.82 Å². The van der Waals surface area contributed by atoms with Crippen LogP contribution in [0.2, 0.25) is 0 Å². The summed E-state index contributed by atoms with van der Waals surface area (Å²) in [7, 11) is 0. The highest BCUT2D eigenvalue weighted by atomic mass is 79.9. The molecule has 0 heterocycles. The zero-order chi connectivity index (χ0) is 12.1. The lowest BCUT2D eigenvalue weighted by Gasteiger charge is -2.09. The lowest BCUT2D eigenvalue weighted by Crippen LogP contribution is -2.17. The largest absolute Gasteiger partial charge is 0.488 e. The van der Waals surface area contributed by atoms with Crippen molar-refractivity contribution in [3.05, 3.63) is 40.6 Å². The van der Waals surface area contributed by atoms with Gasteiger partial charge < -0.3 is 10.5 Å². The molecule has 0 aromatic heterocycles. The molecule has 1 aromatic rings. The van der Waals surface area contributed by atoms with E-state index in [1.54, 1.807) is 6.07 Å². The van der Waals surface area contributed by atoms with E-state index in [1.807, 2.05) is 6.92 Å². The molecule has 2 N–H and O–H groups in total. The predicted molar refractivity (Wildman–Crippen MR) is 67.3 cm³/mol. The van der Waals surface area contributed by atoms with Gasteiger partial charge in [-0.05, 0) is 31.0 Å². The van der Waals surface area contributed by atoms with Crippen molar-refractivity contribution in [1.82, 2.24) is 0 Å². The minimum absolute atomic E-state index is 0.000732. The number of halogens is 2. The van der Waals surface area contributed by atoms with Crippen molar-refractivity contribution < 1.29 is 9.13 Å². The number of ether oxygens (including phenoxy) is 1. The van der Waals surface area contributed by atoms with Crippen LogP contribution in [0.25, 0.3) is 0 Å². The second-order valence-electron chi connectivity index (χ2n) is 3.78. The average molecular weight is 288 g/mol. The zero-order valence-corrected chi connectivity index (χ0v) is 10.8. The minimum atomic E-state index is -0.312. The monoisotopic (exact) mass is 287 g/mol. The zero-order valence-electron chi connectivity index (χ0n) is 9.17. The van der Waals surface area contributed by atoms with Gasteiger partial charge in [0.25, 0.3) is 0 Å². The summed E-state index contributed by atoms with van der Waals surface area (Å²) in [5.74, 6) is 0.185. The van der Waals surface area contributed by atoms with E-state index in [-0.39, 0.29) is 11.9 Å². The van der Waals surface area contributed by atoms with E-state index in [1.165, 1.54) is 12.1 Å². The van der Waals surface area contributed by atoms with Crippen molar-refractivity contribution in [2.75, 3.05) is 6.61 Å². The van der Waals surface area contributed by atoms with E-state index in [0.717, 1.165) is 5.56 Å². The average Bonchev–Trinajstić information content (AvgIpc) is 2.12. The van der Waals surface area contributed by atoms with E-state index in [9.17, 15) is 4.39 Å². The molecule has 0 bridgehead atoms. The number of hydrogen-bond donors (Lipinski definition) is 1. The van der Waals surface area contributed by atoms with Crippen LogP contribution in [-0.2, 0) is 6.42 Å². The molecule has 0 saturated heterocycles. The van der Waals surface area contributed by atoms with Crippen molar-refractivity contribution in [1.29, 1.82) is 0 Å². The number of benzene rings is 1. The molecule has 2 nitrogen and oxygen atoms in total. The lowest BCUT2D eigenvalue weighted by atomic mass is 10.1. The number of rotatable bonds is 5. The maximum atomic E-state index is 13.2. The van der Waals surface area contributed by atoms with Gasteiger partial charge in [0.15, 0.2) is 0 Å². The predicted octanol–water partition coefficient (Wildman–Crippen LogP) is 3.00. The smallest absolute Gasteiger partial charge is 0.127 e. The Morgan fingerprint density at radius 1 is 1.56 bits per heavy atom. The Morgan fingerprint density at radius 3 is 2.81 bits per heavy atom. The fraction of sp³-hybridized carbons (Fsp3) is 0.333. The SMILES string of the molecule is C=C(Br)COc1cc(F)cc(CC(C)N)c1. The Labute approximate surface area is 103 Å². The molecule has 4 heteroatoms. The summed E-state index contributed by atoms with van der Waals surface area (Å²) < 4.78 is 19.3. The molecular weight excluding hydrogens is 273 g/mol. The van der Waals surface area contributed by atoms with Crippen molar-refractivity contribution in [2.24, 2.45) is 5.73 Å². The van der Waals surface area contributed by atoms with E-state index in [4.69, 9.17) is 10.5 Å². The number of hydrogen-bond acceptors (Lipinski definition) is 2. The molecule has 16 heavy (non-hydrogen) atoms. The summed E-state index contributed by atoms with van der Waals surface area (Å²) in [5, 5.41) is 0. The van der Waals surface area contributed by atoms with Crippen LogP contribution in [0.5, 0.6) is 5.75 Å². The topological polar surface area (TPSA) is 35.2 Å². The Balaban J connectivity index is 2.77. The molecular formula is C12H15BrFNO. The first-order valence-electron chi connectivity index (χ1n) is 4.98. The highest BCUT2D eigenvalue weighted by Crippen LogP contribution is 2.18. The van der Waals surface area contributed by atoms with Crippen LogP contribution in [0.1, 0.15) is 12.5 Å². The van der Waals surface area contributed by atoms with Crippen LogP contribution in [-0.4, -0.2) is 12.6 Å². The second kappa shape index (κ2) is 6.01. The summed E-state index contributed by atoms with van der Waals surface area (Å²) in [5.41, 5.74) is 6.50. The van der Waals surface area contributed by atoms with Crippen LogP contribution in [0.3, 0.4) is 0 Å². The summed E-state index contributed by atoms with van der Waals surface area (Å²) in [4.78, 5) is 0. The molecule has 0 aliphatic rings. The molecule has 0 fully saturated rings. The fourth-order valence-electron chi connectivity index (χ4n) is 1.36. The van der Waals surface area contributed by atoms with E-state index >= 15 is 0 Å². The van der Waals surface area contributed by atoms with E-state index in [0.29, 0.717) is 23.3 Å². The van der Waals surface area contributed by atoms with Gasteiger partial charge in [-0.2, -0.15) is 0 Å². The third kappa shape index (κ3) is 4.77. The van der Waals surface area contributed by atoms with Crippen LogP contribution in [0.15, 0.2) is 29.3 Å². The van der Waals surface area contributed by atoms with Gasteiger partial charge in [-0.3, -0.25) is 0 Å². The Morgan fingerprint density at radius 2 is 2.25 bits per heavy atom. The van der Waals surface area contributed by atoms with Gasteiger partial charge in [0, 0.05) is 16.6 Å². The Hall–Kier alpha value is -0.870. The van der Waals surface area contributed by atoms with Gasteiger partial charge in [0.2, 0.25) is 0 Å². The van der Waals surface area contributed by atoms with Gasteiger partial charge in [0.05, 0.1) is 0 Å². The van der Waals surface area contributed by atoms with Gasteiger partial charge in [0.1, 0.15) is 18.2 Å². The lowest BCUT2D eigenvalue weighted by molar-refractivity contribution is 0.358. The molecule has 0 radical (unpaired) electrons. The maximum Gasteiger partial charge on any atom is 0.127 e. The molecule has 1 rings (SSSR count). The molecule has 0 amide bonds. The van der Waals surface area contributed by atoms with Gasteiger partial charge in [-0.1, -0.05) is 22.5 Å². The molecule has 0 spiro atoms. The van der Waals surface area contributed by atoms with Crippen LogP contribution >= 0.6 is 15.9 Å². The first kappa shape index (κ1) is 13.2. The quantitative estimate of drug-likeness (QED) is 0.904. The first-order valence-corrected chi connectivity index (χ1v) is 5.78. The van der Waals surface area contributed by atoms with E-state index in [2.05, 4.69) is 22.5 Å². The first-order chi connectivity index (χ1) is 7.47. The molecule has 1 aromatic carbocycles. The van der Waals surface area contributed by atoms with Crippen molar-refractivity contribution >= 4 is 15.9 Å². The van der Waals surface area contributed by atoms with E-state index < -0.39 is 0 Å². The summed E-state index contributed by atoms with van der Waals surface area (Å²) >= 11 is 3.18. The number of nitrogens with two attached hydrogens (primary N) is 1. The highest BCUT2D eigenvalue weighted by Gasteiger charge is 2.04. The summed E-state index contributed by atoms with van der Waals surface area (Å²) in [6, 6.07) is 4.61. The third-order valence-electron chi connectivity index (χ3n) is 1.88. The highest BCUT2D eigenvalue weighted by molar-refractivity contribution is 9.11. The Kier molecular flexibility index (Phi) is 4.96. The van der Waals surface area contributed by atoms with Crippen LogP contribution in [0.4, 0.5) is 4.39 Å². The van der Waals surface area contributed by atoms with Crippen LogP contribution < -0.4 is 10.5 Å².